The van der Waals surface area contributed by atoms with Crippen molar-refractivity contribution in [2.24, 2.45) is 11.8 Å². The van der Waals surface area contributed by atoms with Gasteiger partial charge in [-0.25, -0.2) is 9.97 Å². The van der Waals surface area contributed by atoms with Crippen molar-refractivity contribution >= 4 is 5.52 Å². The van der Waals surface area contributed by atoms with Crippen molar-refractivity contribution in [3.8, 4) is 11.9 Å². The van der Waals surface area contributed by atoms with Gasteiger partial charge in [-0.1, -0.05) is 6.07 Å². The molecular formula is C24H31N5O3. The lowest BCUT2D eigenvalue weighted by atomic mass is 9.83. The molecule has 2 fully saturated rings. The average Bonchev–Trinajstić information content (AvgIpc) is 3.43. The summed E-state index contributed by atoms with van der Waals surface area (Å²) in [6.45, 7) is 9.35. The normalized spacial score (nSPS) is 25.4. The zero-order valence-corrected chi connectivity index (χ0v) is 19.0. The number of imidazole rings is 1. The van der Waals surface area contributed by atoms with Crippen molar-refractivity contribution in [3.63, 3.8) is 0 Å². The number of rotatable bonds is 7. The summed E-state index contributed by atoms with van der Waals surface area (Å²) in [5, 5.41) is 11.9. The average molecular weight is 438 g/mol. The molecule has 1 saturated heterocycles. The SMILES string of the molecule is CCOc1ncc([C@]2(O)CC[C@H]3CN(Cc4nc(C)n5ccccc45)C[C@H]32)c(OCC)n1. The molecule has 3 aromatic heterocycles. The van der Waals surface area contributed by atoms with Crippen LogP contribution in [0.3, 0.4) is 0 Å². The van der Waals surface area contributed by atoms with Crippen molar-refractivity contribution in [1.82, 2.24) is 24.3 Å². The van der Waals surface area contributed by atoms with Gasteiger partial charge in [-0.3, -0.25) is 4.90 Å². The van der Waals surface area contributed by atoms with Gasteiger partial charge in [0.25, 0.3) is 0 Å². The van der Waals surface area contributed by atoms with Crippen molar-refractivity contribution in [2.75, 3.05) is 26.3 Å². The highest BCUT2D eigenvalue weighted by atomic mass is 16.5. The minimum Gasteiger partial charge on any atom is -0.478 e. The molecule has 8 nitrogen and oxygen atoms in total. The van der Waals surface area contributed by atoms with Crippen LogP contribution in [0.2, 0.25) is 0 Å². The van der Waals surface area contributed by atoms with E-state index in [2.05, 4.69) is 37.6 Å². The summed E-state index contributed by atoms with van der Waals surface area (Å²) >= 11 is 0. The summed E-state index contributed by atoms with van der Waals surface area (Å²) in [6.07, 6.45) is 5.42. The van der Waals surface area contributed by atoms with Crippen LogP contribution in [0, 0.1) is 18.8 Å². The van der Waals surface area contributed by atoms with Crippen LogP contribution in [0.15, 0.2) is 30.6 Å². The molecule has 0 bridgehead atoms. The summed E-state index contributed by atoms with van der Waals surface area (Å²) < 4.78 is 13.4. The largest absolute Gasteiger partial charge is 0.478 e. The number of ether oxygens (including phenoxy) is 2. The van der Waals surface area contributed by atoms with Crippen LogP contribution in [-0.2, 0) is 12.1 Å². The van der Waals surface area contributed by atoms with E-state index >= 15 is 0 Å². The zero-order chi connectivity index (χ0) is 22.3. The van der Waals surface area contributed by atoms with Crippen LogP contribution in [-0.4, -0.2) is 55.7 Å². The fourth-order valence-corrected chi connectivity index (χ4v) is 5.54. The topological polar surface area (TPSA) is 85.0 Å². The lowest BCUT2D eigenvalue weighted by molar-refractivity contribution is -0.0102. The van der Waals surface area contributed by atoms with Gasteiger partial charge in [-0.15, -0.1) is 0 Å². The summed E-state index contributed by atoms with van der Waals surface area (Å²) in [5.74, 6) is 1.97. The Hall–Kier alpha value is -2.71. The number of aryl methyl sites for hydroxylation is 1. The van der Waals surface area contributed by atoms with Crippen molar-refractivity contribution in [2.45, 2.75) is 45.8 Å². The van der Waals surface area contributed by atoms with Gasteiger partial charge in [0.15, 0.2) is 0 Å². The Balaban J connectivity index is 1.39. The second kappa shape index (κ2) is 8.33. The van der Waals surface area contributed by atoms with E-state index in [1.165, 1.54) is 0 Å². The van der Waals surface area contributed by atoms with E-state index in [-0.39, 0.29) is 11.9 Å². The fraction of sp³-hybridized carbons (Fsp3) is 0.542. The quantitative estimate of drug-likeness (QED) is 0.608. The van der Waals surface area contributed by atoms with Crippen LogP contribution in [0.5, 0.6) is 11.9 Å². The molecule has 0 unspecified atom stereocenters. The van der Waals surface area contributed by atoms with Gasteiger partial charge in [0.1, 0.15) is 11.4 Å². The molecule has 0 amide bonds. The standard InChI is InChI=1S/C24H31N5O3/c1-4-31-22-18(12-25-23(27-22)32-5-2)24(30)10-9-17-13-28(14-19(17)24)15-20-21-8-6-7-11-29(21)16(3)26-20/h6-8,11-12,17,19,30H,4-5,9-10,13-15H2,1-3H3/t17-,19+,24+/m0/s1. The third-order valence-electron chi connectivity index (χ3n) is 6.95. The van der Waals surface area contributed by atoms with Crippen molar-refractivity contribution in [3.05, 3.63) is 47.7 Å². The lowest BCUT2D eigenvalue weighted by Gasteiger charge is -2.31. The first kappa shape index (κ1) is 21.2. The van der Waals surface area contributed by atoms with Gasteiger partial charge in [-0.05, 0) is 51.7 Å². The van der Waals surface area contributed by atoms with Crippen molar-refractivity contribution < 1.29 is 14.6 Å². The monoisotopic (exact) mass is 437 g/mol. The lowest BCUT2D eigenvalue weighted by Crippen LogP contribution is -2.35. The Morgan fingerprint density at radius 2 is 2.00 bits per heavy atom. The number of fused-ring (bicyclic) bond motifs is 2. The van der Waals surface area contributed by atoms with Gasteiger partial charge in [0, 0.05) is 37.9 Å². The third-order valence-corrected chi connectivity index (χ3v) is 6.95. The second-order valence-corrected chi connectivity index (χ2v) is 8.82. The molecule has 1 N–H and O–H groups in total. The minimum absolute atomic E-state index is 0.109. The molecular weight excluding hydrogens is 406 g/mol. The molecule has 5 rings (SSSR count). The zero-order valence-electron chi connectivity index (χ0n) is 19.0. The molecule has 170 valence electrons. The summed E-state index contributed by atoms with van der Waals surface area (Å²) in [7, 11) is 0. The highest BCUT2D eigenvalue weighted by Crippen LogP contribution is 2.52. The summed E-state index contributed by atoms with van der Waals surface area (Å²) in [5.41, 5.74) is 1.92. The Morgan fingerprint density at radius 3 is 2.81 bits per heavy atom. The molecule has 4 heterocycles. The number of aromatic nitrogens is 4. The smallest absolute Gasteiger partial charge is 0.319 e. The Kier molecular flexibility index (Phi) is 5.51. The van der Waals surface area contributed by atoms with Gasteiger partial charge >= 0.3 is 6.01 Å². The molecule has 0 aromatic carbocycles. The molecule has 3 aromatic rings. The highest BCUT2D eigenvalue weighted by molar-refractivity contribution is 5.53. The van der Waals surface area contributed by atoms with Gasteiger partial charge in [-0.2, -0.15) is 4.98 Å². The molecule has 0 spiro atoms. The molecule has 2 aliphatic rings. The number of hydrogen-bond acceptors (Lipinski definition) is 7. The predicted octanol–water partition coefficient (Wildman–Crippen LogP) is 2.96. The Labute approximate surface area is 188 Å². The van der Waals surface area contributed by atoms with Gasteiger partial charge < -0.3 is 19.0 Å². The van der Waals surface area contributed by atoms with Crippen molar-refractivity contribution in [1.29, 1.82) is 0 Å². The minimum atomic E-state index is -0.999. The van der Waals surface area contributed by atoms with E-state index in [1.807, 2.05) is 26.8 Å². The Morgan fingerprint density at radius 1 is 1.16 bits per heavy atom. The first-order valence-electron chi connectivity index (χ1n) is 11.5. The molecule has 3 atom stereocenters. The first-order valence-corrected chi connectivity index (χ1v) is 11.5. The molecule has 32 heavy (non-hydrogen) atoms. The number of nitrogens with zero attached hydrogens (tertiary/aromatic N) is 5. The highest BCUT2D eigenvalue weighted by Gasteiger charge is 2.54. The van der Waals surface area contributed by atoms with E-state index in [9.17, 15) is 5.11 Å². The van der Waals surface area contributed by atoms with Gasteiger partial charge in [0.2, 0.25) is 5.88 Å². The number of hydrogen-bond donors (Lipinski definition) is 1. The third kappa shape index (κ3) is 3.51. The maximum atomic E-state index is 11.9. The molecule has 1 aliphatic heterocycles. The van der Waals surface area contributed by atoms with Crippen LogP contribution in [0.25, 0.3) is 5.52 Å². The maximum Gasteiger partial charge on any atom is 0.319 e. The Bertz CT molecular complexity index is 1120. The van der Waals surface area contributed by atoms with Crippen LogP contribution >= 0.6 is 0 Å². The van der Waals surface area contributed by atoms with E-state index in [0.29, 0.717) is 37.0 Å². The molecule has 1 aliphatic carbocycles. The number of pyridine rings is 1. The maximum absolute atomic E-state index is 11.9. The van der Waals surface area contributed by atoms with Crippen LogP contribution < -0.4 is 9.47 Å². The predicted molar refractivity (Wildman–Crippen MR) is 120 cm³/mol. The number of aliphatic hydroxyl groups is 1. The van der Waals surface area contributed by atoms with E-state index in [4.69, 9.17) is 14.5 Å². The van der Waals surface area contributed by atoms with Crippen LogP contribution in [0.1, 0.15) is 43.8 Å². The van der Waals surface area contributed by atoms with Crippen LogP contribution in [0.4, 0.5) is 0 Å². The summed E-state index contributed by atoms with van der Waals surface area (Å²) in [4.78, 5) is 16.0. The molecule has 0 radical (unpaired) electrons. The number of likely N-dealkylation sites (tertiary alicyclic amines) is 1. The van der Waals surface area contributed by atoms with E-state index < -0.39 is 5.60 Å². The summed E-state index contributed by atoms with van der Waals surface area (Å²) in [6, 6.07) is 6.49. The van der Waals surface area contributed by atoms with E-state index in [0.717, 1.165) is 43.1 Å². The van der Waals surface area contributed by atoms with Gasteiger partial charge in [0.05, 0.1) is 30.0 Å². The molecule has 1 saturated carbocycles. The first-order chi connectivity index (χ1) is 15.5. The fourth-order valence-electron chi connectivity index (χ4n) is 5.54. The van der Waals surface area contributed by atoms with E-state index in [1.54, 1.807) is 6.20 Å². The molecule has 8 heteroatoms. The second-order valence-electron chi connectivity index (χ2n) is 8.82.